The molecule has 136 valence electrons. The minimum absolute atomic E-state index is 0.0533. The van der Waals surface area contributed by atoms with Gasteiger partial charge in [-0.05, 0) is 42.9 Å². The van der Waals surface area contributed by atoms with Crippen molar-refractivity contribution in [3.63, 3.8) is 0 Å². The Hall–Kier alpha value is -2.10. The molecule has 0 amide bonds. The summed E-state index contributed by atoms with van der Waals surface area (Å²) in [5.74, 6) is 2.38. The Morgan fingerprint density at radius 3 is 2.80 bits per heavy atom. The van der Waals surface area contributed by atoms with E-state index in [-0.39, 0.29) is 17.6 Å². The number of ether oxygens (including phenoxy) is 2. The van der Waals surface area contributed by atoms with E-state index in [1.807, 2.05) is 6.92 Å². The van der Waals surface area contributed by atoms with Crippen molar-refractivity contribution in [1.29, 1.82) is 0 Å². The van der Waals surface area contributed by atoms with Crippen LogP contribution in [0.2, 0.25) is 0 Å². The van der Waals surface area contributed by atoms with Crippen LogP contribution in [0.15, 0.2) is 34.8 Å². The molecule has 2 rings (SSSR count). The number of methoxy groups -OCH3 is 1. The number of hydrogen-bond acceptors (Lipinski definition) is 5. The molecule has 25 heavy (non-hydrogen) atoms. The lowest BCUT2D eigenvalue weighted by Crippen LogP contribution is -2.32. The highest BCUT2D eigenvalue weighted by molar-refractivity contribution is 5.40. The Bertz CT molecular complexity index is 624. The first-order valence-electron chi connectivity index (χ1n) is 8.72. The zero-order chi connectivity index (χ0) is 18.2. The Labute approximate surface area is 149 Å². The molecule has 6 heteroatoms. The fourth-order valence-corrected chi connectivity index (χ4v) is 2.74. The van der Waals surface area contributed by atoms with Gasteiger partial charge >= 0.3 is 5.70 Å². The van der Waals surface area contributed by atoms with E-state index in [4.69, 9.17) is 15.9 Å². The van der Waals surface area contributed by atoms with Crippen LogP contribution in [0.3, 0.4) is 0 Å². The van der Waals surface area contributed by atoms with E-state index < -0.39 is 4.92 Å². The fourth-order valence-electron chi connectivity index (χ4n) is 2.74. The summed E-state index contributed by atoms with van der Waals surface area (Å²) in [7, 11) is 1.70. The highest BCUT2D eigenvalue weighted by Gasteiger charge is 2.28. The molecule has 1 aliphatic carbocycles. The van der Waals surface area contributed by atoms with Gasteiger partial charge in [-0.3, -0.25) is 15.0 Å². The normalized spacial score (nSPS) is 19.7. The summed E-state index contributed by atoms with van der Waals surface area (Å²) in [5, 5.41) is 11.2. The molecule has 0 atom stereocenters. The van der Waals surface area contributed by atoms with Gasteiger partial charge in [0.25, 0.3) is 0 Å². The molecule has 6 nitrogen and oxygen atoms in total. The van der Waals surface area contributed by atoms with Crippen LogP contribution >= 0.6 is 0 Å². The molecule has 0 unspecified atom stereocenters. The average Bonchev–Trinajstić information content (AvgIpc) is 3.42. The van der Waals surface area contributed by atoms with Crippen LogP contribution in [0.4, 0.5) is 0 Å². The number of rotatable bonds is 9. The van der Waals surface area contributed by atoms with Gasteiger partial charge in [-0.15, -0.1) is 6.42 Å². The third-order valence-electron chi connectivity index (χ3n) is 4.37. The van der Waals surface area contributed by atoms with E-state index in [9.17, 15) is 10.1 Å². The van der Waals surface area contributed by atoms with Crippen molar-refractivity contribution in [2.45, 2.75) is 38.7 Å². The Balaban J connectivity index is 2.20. The zero-order valence-electron chi connectivity index (χ0n) is 15.0. The molecule has 0 N–H and O–H groups in total. The van der Waals surface area contributed by atoms with Gasteiger partial charge in [0.05, 0.1) is 17.6 Å². The van der Waals surface area contributed by atoms with Crippen molar-refractivity contribution in [1.82, 2.24) is 4.90 Å². The molecule has 0 aromatic heterocycles. The lowest BCUT2D eigenvalue weighted by Gasteiger charge is -2.27. The Kier molecular flexibility index (Phi) is 7.23. The quantitative estimate of drug-likeness (QED) is 0.211. The zero-order valence-corrected chi connectivity index (χ0v) is 15.0. The van der Waals surface area contributed by atoms with Crippen LogP contribution in [0.5, 0.6) is 0 Å². The molecule has 0 bridgehead atoms. The predicted octanol–water partition coefficient (Wildman–Crippen LogP) is 2.90. The molecule has 1 aliphatic heterocycles. The second kappa shape index (κ2) is 9.40. The summed E-state index contributed by atoms with van der Waals surface area (Å²) in [6.07, 6.45) is 12.9. The van der Waals surface area contributed by atoms with Crippen LogP contribution in [-0.2, 0) is 9.47 Å². The van der Waals surface area contributed by atoms with E-state index in [1.165, 1.54) is 5.57 Å². The molecule has 1 fully saturated rings. The predicted molar refractivity (Wildman–Crippen MR) is 96.4 cm³/mol. The van der Waals surface area contributed by atoms with Gasteiger partial charge in [0.2, 0.25) is 5.76 Å². The molecular weight excluding hydrogens is 320 g/mol. The van der Waals surface area contributed by atoms with Crippen LogP contribution in [0.1, 0.15) is 32.6 Å². The molecule has 1 heterocycles. The van der Waals surface area contributed by atoms with Crippen molar-refractivity contribution >= 4 is 0 Å². The van der Waals surface area contributed by atoms with Crippen LogP contribution in [-0.4, -0.2) is 49.3 Å². The maximum absolute atomic E-state index is 11.2. The number of allylic oxidation sites excluding steroid dienone is 3. The van der Waals surface area contributed by atoms with Crippen LogP contribution < -0.4 is 0 Å². The van der Waals surface area contributed by atoms with Crippen molar-refractivity contribution in [2.24, 2.45) is 0 Å². The maximum atomic E-state index is 11.2. The van der Waals surface area contributed by atoms with E-state index in [0.717, 1.165) is 57.5 Å². The van der Waals surface area contributed by atoms with Crippen LogP contribution in [0.25, 0.3) is 0 Å². The first kappa shape index (κ1) is 19.2. The number of nitro groups is 1. The number of terminal acetylenes is 1. The van der Waals surface area contributed by atoms with Crippen molar-refractivity contribution in [3.8, 4) is 12.3 Å². The molecule has 0 saturated heterocycles. The molecular formula is C19H26N2O4. The summed E-state index contributed by atoms with van der Waals surface area (Å²) in [4.78, 5) is 13.0. The average molecular weight is 346 g/mol. The summed E-state index contributed by atoms with van der Waals surface area (Å²) < 4.78 is 10.9. The summed E-state index contributed by atoms with van der Waals surface area (Å²) in [6, 6.07) is 0. The molecule has 0 radical (unpaired) electrons. The Morgan fingerprint density at radius 1 is 1.56 bits per heavy atom. The standard InChI is InChI=1S/C19H26N2O4/c1-4-15(16-8-10-20(11-9-16)12-13-24-3)14-19(25-17-6-7-17)18(5-2)21(22)23/h2,8,14,17H,4,6-7,9-13H2,1,3H3/b15-14+,19-18-. The third kappa shape index (κ3) is 5.73. The largest absolute Gasteiger partial charge is 0.483 e. The first-order valence-corrected chi connectivity index (χ1v) is 8.72. The molecule has 1 saturated carbocycles. The van der Waals surface area contributed by atoms with E-state index >= 15 is 0 Å². The number of nitrogens with zero attached hydrogens (tertiary/aromatic N) is 2. The van der Waals surface area contributed by atoms with Gasteiger partial charge in [0.15, 0.2) is 0 Å². The van der Waals surface area contributed by atoms with Gasteiger partial charge in [-0.1, -0.05) is 13.0 Å². The summed E-state index contributed by atoms with van der Waals surface area (Å²) >= 11 is 0. The summed E-state index contributed by atoms with van der Waals surface area (Å²) in [5.41, 5.74) is 1.97. The third-order valence-corrected chi connectivity index (χ3v) is 4.37. The lowest BCUT2D eigenvalue weighted by molar-refractivity contribution is -0.420. The van der Waals surface area contributed by atoms with Gasteiger partial charge in [0.1, 0.15) is 0 Å². The smallest absolute Gasteiger partial charge is 0.360 e. The number of hydrogen-bond donors (Lipinski definition) is 0. The highest BCUT2D eigenvalue weighted by Crippen LogP contribution is 2.30. The minimum atomic E-state index is -0.538. The van der Waals surface area contributed by atoms with Crippen molar-refractivity contribution < 1.29 is 14.4 Å². The van der Waals surface area contributed by atoms with Gasteiger partial charge in [0, 0.05) is 32.7 Å². The molecule has 0 spiro atoms. The second-order valence-corrected chi connectivity index (χ2v) is 6.23. The highest BCUT2D eigenvalue weighted by atomic mass is 16.6. The van der Waals surface area contributed by atoms with Crippen molar-refractivity contribution in [3.05, 3.63) is 44.9 Å². The summed E-state index contributed by atoms with van der Waals surface area (Å²) in [6.45, 7) is 5.47. The maximum Gasteiger partial charge on any atom is 0.360 e. The van der Waals surface area contributed by atoms with Crippen LogP contribution in [0, 0.1) is 22.5 Å². The topological polar surface area (TPSA) is 64.8 Å². The second-order valence-electron chi connectivity index (χ2n) is 6.23. The van der Waals surface area contributed by atoms with Gasteiger partial charge < -0.3 is 9.47 Å². The van der Waals surface area contributed by atoms with E-state index in [2.05, 4.69) is 16.9 Å². The lowest BCUT2D eigenvalue weighted by atomic mass is 9.96. The molecule has 0 aromatic rings. The van der Waals surface area contributed by atoms with Gasteiger partial charge in [-0.2, -0.15) is 0 Å². The molecule has 2 aliphatic rings. The SMILES string of the molecule is C#C/C(=C(\C=C(/CC)C1=CCN(CCOC)CC1)OC1CC1)[N+](=O)[O-]. The van der Waals surface area contributed by atoms with Crippen molar-refractivity contribution in [2.75, 3.05) is 33.4 Å². The first-order chi connectivity index (χ1) is 12.1. The van der Waals surface area contributed by atoms with Gasteiger partial charge in [-0.25, -0.2) is 0 Å². The monoisotopic (exact) mass is 346 g/mol. The fraction of sp³-hybridized carbons (Fsp3) is 0.579. The van der Waals surface area contributed by atoms with E-state index in [0.29, 0.717) is 0 Å². The molecule has 0 aromatic carbocycles. The van der Waals surface area contributed by atoms with E-state index in [1.54, 1.807) is 13.2 Å². The Morgan fingerprint density at radius 2 is 2.32 bits per heavy atom. The minimum Gasteiger partial charge on any atom is -0.483 e.